The highest BCUT2D eigenvalue weighted by atomic mass is 33.5. The van der Waals surface area contributed by atoms with E-state index in [-0.39, 0.29) is 5.03 Å². The van der Waals surface area contributed by atoms with Crippen LogP contribution in [0.15, 0.2) is 23.2 Å². The molecule has 0 bridgehead atoms. The molecule has 0 amide bonds. The highest BCUT2D eigenvalue weighted by Crippen LogP contribution is 2.23. The Kier molecular flexibility index (Phi) is 5.27. The maximum atomic E-state index is 11.6. The summed E-state index contributed by atoms with van der Waals surface area (Å²) in [4.78, 5) is 4.02. The normalized spacial score (nSPS) is 11.6. The molecule has 0 atom stereocenters. The van der Waals surface area contributed by atoms with Crippen LogP contribution in [0.1, 0.15) is 12.6 Å². The second-order valence-electron chi connectivity index (χ2n) is 2.57. The highest BCUT2D eigenvalue weighted by Gasteiger charge is 2.15. The van der Waals surface area contributed by atoms with Crippen molar-refractivity contribution in [1.29, 1.82) is 0 Å². The largest absolute Gasteiger partial charge is 0.267 e. The molecule has 0 aliphatic carbocycles. The first kappa shape index (κ1) is 13.2. The standard InChI is InChI=1S/C7H10N2O2S4/c1-2-6-4-3-5-7(8-6)15(10,11)9-13-14-12/h3-5,9,12H,2H2,1H3. The summed E-state index contributed by atoms with van der Waals surface area (Å²) in [5, 5.41) is 0.0386. The topological polar surface area (TPSA) is 59.1 Å². The number of aromatic nitrogens is 1. The number of sulfonamides is 1. The van der Waals surface area contributed by atoms with E-state index in [0.717, 1.165) is 26.5 Å². The van der Waals surface area contributed by atoms with Gasteiger partial charge in [-0.25, -0.2) is 13.4 Å². The molecule has 1 aromatic rings. The fraction of sp³-hybridized carbons (Fsp3) is 0.286. The van der Waals surface area contributed by atoms with Gasteiger partial charge in [0.05, 0.1) is 0 Å². The zero-order valence-corrected chi connectivity index (χ0v) is 11.2. The Balaban J connectivity index is 2.94. The molecule has 0 aromatic carbocycles. The summed E-state index contributed by atoms with van der Waals surface area (Å²) < 4.78 is 25.5. The molecule has 0 saturated carbocycles. The van der Waals surface area contributed by atoms with Gasteiger partial charge in [-0.3, -0.25) is 0 Å². The van der Waals surface area contributed by atoms with E-state index in [2.05, 4.69) is 20.8 Å². The van der Waals surface area contributed by atoms with Crippen LogP contribution in [-0.2, 0) is 16.4 Å². The smallest absolute Gasteiger partial charge is 0.240 e. The van der Waals surface area contributed by atoms with Gasteiger partial charge in [0.2, 0.25) is 0 Å². The van der Waals surface area contributed by atoms with Crippen molar-refractivity contribution in [2.45, 2.75) is 18.4 Å². The summed E-state index contributed by atoms with van der Waals surface area (Å²) in [6.07, 6.45) is 0.706. The molecule has 1 aromatic heterocycles. The molecule has 0 aliphatic heterocycles. The third-order valence-corrected chi connectivity index (χ3v) is 5.11. The van der Waals surface area contributed by atoms with Crippen molar-refractivity contribution < 1.29 is 8.42 Å². The maximum Gasteiger partial charge on any atom is 0.267 e. The van der Waals surface area contributed by atoms with E-state index in [9.17, 15) is 8.42 Å². The van der Waals surface area contributed by atoms with E-state index in [4.69, 9.17) is 0 Å². The number of aryl methyl sites for hydroxylation is 1. The second kappa shape index (κ2) is 6.00. The molecular formula is C7H10N2O2S4. The van der Waals surface area contributed by atoms with E-state index in [0.29, 0.717) is 6.42 Å². The van der Waals surface area contributed by atoms with E-state index in [1.54, 1.807) is 12.1 Å². The quantitative estimate of drug-likeness (QED) is 0.492. The van der Waals surface area contributed by atoms with Crippen molar-refractivity contribution in [3.8, 4) is 0 Å². The molecule has 0 aliphatic rings. The fourth-order valence-corrected chi connectivity index (χ4v) is 4.13. The lowest BCUT2D eigenvalue weighted by Gasteiger charge is -2.04. The fourth-order valence-electron chi connectivity index (χ4n) is 0.907. The zero-order valence-electron chi connectivity index (χ0n) is 7.87. The number of nitrogens with zero attached hydrogens (tertiary/aromatic N) is 1. The Morgan fingerprint density at radius 2 is 2.27 bits per heavy atom. The van der Waals surface area contributed by atoms with Crippen LogP contribution in [0.4, 0.5) is 0 Å². The van der Waals surface area contributed by atoms with Crippen molar-refractivity contribution in [3.05, 3.63) is 23.9 Å². The molecule has 15 heavy (non-hydrogen) atoms. The van der Waals surface area contributed by atoms with Crippen LogP contribution in [0.2, 0.25) is 0 Å². The molecule has 0 spiro atoms. The van der Waals surface area contributed by atoms with Crippen molar-refractivity contribution >= 4 is 42.5 Å². The van der Waals surface area contributed by atoms with Crippen LogP contribution in [0.3, 0.4) is 0 Å². The third kappa shape index (κ3) is 3.87. The number of nitrogens with one attached hydrogen (secondary N) is 1. The van der Waals surface area contributed by atoms with E-state index < -0.39 is 10.0 Å². The highest BCUT2D eigenvalue weighted by molar-refractivity contribution is 9.05. The lowest BCUT2D eigenvalue weighted by Crippen LogP contribution is -2.17. The van der Waals surface area contributed by atoms with Crippen LogP contribution < -0.4 is 4.13 Å². The third-order valence-electron chi connectivity index (χ3n) is 1.60. The Bertz CT molecular complexity index is 421. The minimum atomic E-state index is -3.52. The van der Waals surface area contributed by atoms with Crippen LogP contribution in [0.25, 0.3) is 0 Å². The number of rotatable bonds is 5. The molecule has 1 heterocycles. The summed E-state index contributed by atoms with van der Waals surface area (Å²) in [7, 11) is -1.57. The van der Waals surface area contributed by atoms with Crippen molar-refractivity contribution in [3.63, 3.8) is 0 Å². The van der Waals surface area contributed by atoms with Crippen molar-refractivity contribution in [2.75, 3.05) is 0 Å². The summed E-state index contributed by atoms with van der Waals surface area (Å²) in [6, 6.07) is 4.93. The molecule has 0 fully saturated rings. The molecule has 0 unspecified atom stereocenters. The molecule has 0 saturated heterocycles. The monoisotopic (exact) mass is 282 g/mol. The molecule has 84 valence electrons. The first-order valence-corrected chi connectivity index (χ1v) is 8.73. The van der Waals surface area contributed by atoms with Gasteiger partial charge in [-0.05, 0) is 28.4 Å². The summed E-state index contributed by atoms with van der Waals surface area (Å²) in [5.41, 5.74) is 0.751. The van der Waals surface area contributed by atoms with Gasteiger partial charge >= 0.3 is 0 Å². The first-order valence-electron chi connectivity index (χ1n) is 4.05. The van der Waals surface area contributed by atoms with Crippen LogP contribution in [0.5, 0.6) is 0 Å². The zero-order chi connectivity index (χ0) is 11.3. The Hall–Kier alpha value is 0.110. The van der Waals surface area contributed by atoms with Gasteiger partial charge < -0.3 is 0 Å². The molecule has 0 radical (unpaired) electrons. The predicted octanol–water partition coefficient (Wildman–Crippen LogP) is 2.06. The SMILES string of the molecule is CCc1cccc(S(=O)(=O)NSSS)n1. The van der Waals surface area contributed by atoms with Gasteiger partial charge in [0, 0.05) is 16.7 Å². The van der Waals surface area contributed by atoms with E-state index in [1.807, 2.05) is 6.92 Å². The van der Waals surface area contributed by atoms with Crippen LogP contribution in [-0.4, -0.2) is 13.4 Å². The van der Waals surface area contributed by atoms with Crippen LogP contribution in [0, 0.1) is 0 Å². The number of pyridine rings is 1. The lowest BCUT2D eigenvalue weighted by atomic mass is 10.3. The lowest BCUT2D eigenvalue weighted by molar-refractivity contribution is 0.590. The second-order valence-corrected chi connectivity index (χ2v) is 7.26. The number of hydrogen-bond donors (Lipinski definition) is 2. The van der Waals surface area contributed by atoms with Gasteiger partial charge in [-0.2, -0.15) is 0 Å². The minimum Gasteiger partial charge on any atom is -0.240 e. The minimum absolute atomic E-state index is 0.0386. The van der Waals surface area contributed by atoms with E-state index in [1.165, 1.54) is 6.07 Å². The van der Waals surface area contributed by atoms with E-state index >= 15 is 0 Å². The maximum absolute atomic E-state index is 11.6. The first-order chi connectivity index (χ1) is 7.10. The summed E-state index contributed by atoms with van der Waals surface area (Å²) in [5.74, 6) is 0. The number of hydrogen-bond acceptors (Lipinski definition) is 6. The van der Waals surface area contributed by atoms with Gasteiger partial charge in [-0.15, -0.1) is 4.13 Å². The van der Waals surface area contributed by atoms with Crippen molar-refractivity contribution in [1.82, 2.24) is 9.11 Å². The molecule has 8 heteroatoms. The molecule has 1 N–H and O–H groups in total. The van der Waals surface area contributed by atoms with Gasteiger partial charge in [0.15, 0.2) is 5.03 Å². The average Bonchev–Trinajstić information content (AvgIpc) is 2.26. The van der Waals surface area contributed by atoms with Gasteiger partial charge in [0.1, 0.15) is 0 Å². The average molecular weight is 282 g/mol. The Morgan fingerprint density at radius 1 is 1.53 bits per heavy atom. The Labute approximate surface area is 102 Å². The Morgan fingerprint density at radius 3 is 2.87 bits per heavy atom. The van der Waals surface area contributed by atoms with Gasteiger partial charge in [-0.1, -0.05) is 24.7 Å². The summed E-state index contributed by atoms with van der Waals surface area (Å²) >= 11 is 3.82. The molecular weight excluding hydrogens is 272 g/mol. The van der Waals surface area contributed by atoms with Gasteiger partial charge in [0.25, 0.3) is 10.0 Å². The molecule has 4 nitrogen and oxygen atoms in total. The summed E-state index contributed by atoms with van der Waals surface area (Å²) in [6.45, 7) is 1.92. The van der Waals surface area contributed by atoms with Crippen LogP contribution >= 0.6 is 32.5 Å². The van der Waals surface area contributed by atoms with Crippen molar-refractivity contribution in [2.24, 2.45) is 0 Å². The molecule has 1 rings (SSSR count). The number of thiol groups is 1. The predicted molar refractivity (Wildman–Crippen MR) is 68.1 cm³/mol.